The summed E-state index contributed by atoms with van der Waals surface area (Å²) in [6.07, 6.45) is 2.15. The van der Waals surface area contributed by atoms with E-state index >= 15 is 0 Å². The highest BCUT2D eigenvalue weighted by Gasteiger charge is 2.25. The molecule has 1 aliphatic heterocycles. The number of rotatable bonds is 4. The topological polar surface area (TPSA) is 73.2 Å². The lowest BCUT2D eigenvalue weighted by Crippen LogP contribution is -1.99. The van der Waals surface area contributed by atoms with Crippen LogP contribution in [0.15, 0.2) is 24.3 Å². The van der Waals surface area contributed by atoms with E-state index in [2.05, 4.69) is 10.2 Å². The maximum atomic E-state index is 6.01. The van der Waals surface area contributed by atoms with E-state index in [1.807, 2.05) is 31.2 Å². The molecule has 1 aliphatic rings. The van der Waals surface area contributed by atoms with Crippen LogP contribution in [0.3, 0.4) is 0 Å². The highest BCUT2D eigenvalue weighted by Crippen LogP contribution is 2.37. The van der Waals surface area contributed by atoms with Gasteiger partial charge in [-0.15, -0.1) is 0 Å². The Labute approximate surface area is 118 Å². The predicted octanol–water partition coefficient (Wildman–Crippen LogP) is 2.91. The molecule has 0 saturated carbocycles. The van der Waals surface area contributed by atoms with Crippen LogP contribution in [0.25, 0.3) is 11.1 Å². The maximum absolute atomic E-state index is 6.01. The van der Waals surface area contributed by atoms with Crippen molar-refractivity contribution >= 4 is 5.82 Å². The number of ether oxygens (including phenoxy) is 2. The van der Waals surface area contributed by atoms with Crippen LogP contribution in [0, 0.1) is 0 Å². The number of aromatic amines is 1. The third-order valence-electron chi connectivity index (χ3n) is 3.53. The van der Waals surface area contributed by atoms with Crippen molar-refractivity contribution in [3.63, 3.8) is 0 Å². The molecule has 1 aromatic heterocycles. The van der Waals surface area contributed by atoms with Crippen LogP contribution in [0.2, 0.25) is 0 Å². The van der Waals surface area contributed by atoms with Crippen LogP contribution in [0.4, 0.5) is 5.82 Å². The molecule has 0 bridgehead atoms. The number of nitrogen functional groups attached to an aromatic ring is 1. The van der Waals surface area contributed by atoms with Gasteiger partial charge in [-0.1, -0.05) is 12.1 Å². The summed E-state index contributed by atoms with van der Waals surface area (Å²) in [7, 11) is 0. The highest BCUT2D eigenvalue weighted by molar-refractivity contribution is 5.76. The number of benzene rings is 1. The van der Waals surface area contributed by atoms with Crippen molar-refractivity contribution in [2.24, 2.45) is 0 Å². The minimum Gasteiger partial charge on any atom is -0.494 e. The van der Waals surface area contributed by atoms with Gasteiger partial charge in [-0.3, -0.25) is 5.10 Å². The van der Waals surface area contributed by atoms with E-state index < -0.39 is 0 Å². The van der Waals surface area contributed by atoms with E-state index in [9.17, 15) is 0 Å². The molecule has 0 aliphatic carbocycles. The molecule has 3 rings (SSSR count). The molecule has 1 aromatic carbocycles. The average molecular weight is 273 g/mol. The van der Waals surface area contributed by atoms with Crippen LogP contribution < -0.4 is 10.5 Å². The molecule has 2 aromatic rings. The zero-order valence-electron chi connectivity index (χ0n) is 11.6. The first kappa shape index (κ1) is 13.0. The minimum absolute atomic E-state index is 0.0707. The number of anilines is 1. The van der Waals surface area contributed by atoms with Gasteiger partial charge in [0.2, 0.25) is 0 Å². The molecule has 1 saturated heterocycles. The van der Waals surface area contributed by atoms with Crippen LogP contribution >= 0.6 is 0 Å². The molecule has 0 amide bonds. The van der Waals surface area contributed by atoms with E-state index in [0.717, 1.165) is 42.0 Å². The van der Waals surface area contributed by atoms with Gasteiger partial charge in [-0.25, -0.2) is 0 Å². The van der Waals surface area contributed by atoms with E-state index in [1.165, 1.54) is 0 Å². The van der Waals surface area contributed by atoms with Gasteiger partial charge in [-0.05, 0) is 37.5 Å². The van der Waals surface area contributed by atoms with Gasteiger partial charge in [0.1, 0.15) is 5.75 Å². The molecule has 0 radical (unpaired) electrons. The lowest BCUT2D eigenvalue weighted by Gasteiger charge is -2.11. The predicted molar refractivity (Wildman–Crippen MR) is 77.5 cm³/mol. The van der Waals surface area contributed by atoms with E-state index in [1.54, 1.807) is 0 Å². The minimum atomic E-state index is 0.0707. The maximum Gasteiger partial charge on any atom is 0.153 e. The molecule has 2 heterocycles. The molecule has 0 spiro atoms. The summed E-state index contributed by atoms with van der Waals surface area (Å²) >= 11 is 0. The number of aromatic nitrogens is 2. The van der Waals surface area contributed by atoms with Gasteiger partial charge in [-0.2, -0.15) is 5.10 Å². The number of nitrogens with zero attached hydrogens (tertiary/aromatic N) is 1. The largest absolute Gasteiger partial charge is 0.494 e. The van der Waals surface area contributed by atoms with Crippen molar-refractivity contribution in [2.45, 2.75) is 25.9 Å². The molecule has 3 N–H and O–H groups in total. The quantitative estimate of drug-likeness (QED) is 0.898. The normalized spacial score (nSPS) is 18.4. The van der Waals surface area contributed by atoms with E-state index in [4.69, 9.17) is 15.2 Å². The molecule has 5 nitrogen and oxygen atoms in total. The number of H-pyrrole nitrogens is 1. The van der Waals surface area contributed by atoms with Crippen LogP contribution in [0.5, 0.6) is 5.75 Å². The van der Waals surface area contributed by atoms with Crippen LogP contribution in [-0.4, -0.2) is 23.4 Å². The number of hydrogen-bond donors (Lipinski definition) is 2. The second kappa shape index (κ2) is 5.54. The fraction of sp³-hybridized carbons (Fsp3) is 0.400. The molecular weight excluding hydrogens is 254 g/mol. The Bertz CT molecular complexity index is 571. The lowest BCUT2D eigenvalue weighted by molar-refractivity contribution is 0.109. The fourth-order valence-electron chi connectivity index (χ4n) is 2.60. The van der Waals surface area contributed by atoms with E-state index in [-0.39, 0.29) is 6.10 Å². The van der Waals surface area contributed by atoms with Gasteiger partial charge < -0.3 is 15.2 Å². The van der Waals surface area contributed by atoms with Crippen molar-refractivity contribution < 1.29 is 9.47 Å². The summed E-state index contributed by atoms with van der Waals surface area (Å²) in [6, 6.07) is 7.91. The van der Waals surface area contributed by atoms with Crippen molar-refractivity contribution in [3.8, 4) is 16.9 Å². The molecule has 5 heteroatoms. The molecule has 1 unspecified atom stereocenters. The summed E-state index contributed by atoms with van der Waals surface area (Å²) in [5, 5.41) is 7.16. The smallest absolute Gasteiger partial charge is 0.153 e. The first-order valence-electron chi connectivity index (χ1n) is 6.98. The van der Waals surface area contributed by atoms with Gasteiger partial charge in [0.25, 0.3) is 0 Å². The Kier molecular flexibility index (Phi) is 3.60. The second-order valence-electron chi connectivity index (χ2n) is 4.86. The third-order valence-corrected chi connectivity index (χ3v) is 3.53. The Morgan fingerprint density at radius 1 is 1.40 bits per heavy atom. The standard InChI is InChI=1S/C15H19N3O2/c1-2-19-11-7-5-10(6-8-11)13-14(17-18-15(13)16)12-4-3-9-20-12/h5-8,12H,2-4,9H2,1H3,(H3,16,17,18). The fourth-order valence-corrected chi connectivity index (χ4v) is 2.60. The summed E-state index contributed by atoms with van der Waals surface area (Å²) in [6.45, 7) is 3.43. The number of hydrogen-bond acceptors (Lipinski definition) is 4. The highest BCUT2D eigenvalue weighted by atomic mass is 16.5. The van der Waals surface area contributed by atoms with Crippen LogP contribution in [0.1, 0.15) is 31.6 Å². The molecule has 106 valence electrons. The molecule has 1 fully saturated rings. The van der Waals surface area contributed by atoms with Crippen molar-refractivity contribution in [3.05, 3.63) is 30.0 Å². The van der Waals surface area contributed by atoms with Crippen LogP contribution in [-0.2, 0) is 4.74 Å². The van der Waals surface area contributed by atoms with E-state index in [0.29, 0.717) is 12.4 Å². The van der Waals surface area contributed by atoms with Gasteiger partial charge in [0.05, 0.1) is 18.4 Å². The molecule has 1 atom stereocenters. The number of nitrogens with two attached hydrogens (primary N) is 1. The van der Waals surface area contributed by atoms with Gasteiger partial charge in [0.15, 0.2) is 5.82 Å². The summed E-state index contributed by atoms with van der Waals surface area (Å²) < 4.78 is 11.2. The Morgan fingerprint density at radius 2 is 2.20 bits per heavy atom. The Balaban J connectivity index is 1.94. The Hall–Kier alpha value is -2.01. The van der Waals surface area contributed by atoms with Crippen molar-refractivity contribution in [1.29, 1.82) is 0 Å². The molecular formula is C15H19N3O2. The van der Waals surface area contributed by atoms with Crippen molar-refractivity contribution in [1.82, 2.24) is 10.2 Å². The average Bonchev–Trinajstić information content (AvgIpc) is 3.09. The first-order valence-corrected chi connectivity index (χ1v) is 6.98. The van der Waals surface area contributed by atoms with Gasteiger partial charge >= 0.3 is 0 Å². The monoisotopic (exact) mass is 273 g/mol. The third kappa shape index (κ3) is 2.36. The summed E-state index contributed by atoms with van der Waals surface area (Å²) in [5.41, 5.74) is 8.96. The van der Waals surface area contributed by atoms with Crippen molar-refractivity contribution in [2.75, 3.05) is 18.9 Å². The Morgan fingerprint density at radius 3 is 2.85 bits per heavy atom. The molecule has 20 heavy (non-hydrogen) atoms. The number of nitrogens with one attached hydrogen (secondary N) is 1. The zero-order valence-corrected chi connectivity index (χ0v) is 11.6. The first-order chi connectivity index (χ1) is 9.79. The second-order valence-corrected chi connectivity index (χ2v) is 4.86. The lowest BCUT2D eigenvalue weighted by atomic mass is 10.0. The van der Waals surface area contributed by atoms with Gasteiger partial charge in [0, 0.05) is 12.2 Å². The summed E-state index contributed by atoms with van der Waals surface area (Å²) in [5.74, 6) is 1.37. The summed E-state index contributed by atoms with van der Waals surface area (Å²) in [4.78, 5) is 0. The zero-order chi connectivity index (χ0) is 13.9. The SMILES string of the molecule is CCOc1ccc(-c2c(N)n[nH]c2C2CCCO2)cc1.